The number of hydrogen-bond donors (Lipinski definition) is 1. The number of hydrogen-bond acceptors (Lipinski definition) is 3. The van der Waals surface area contributed by atoms with Gasteiger partial charge in [0.15, 0.2) is 0 Å². The average molecular weight is 368 g/mol. The Morgan fingerprint density at radius 3 is 2.56 bits per heavy atom. The molecule has 2 amide bonds. The third-order valence-electron chi connectivity index (χ3n) is 5.13. The second-order valence-corrected chi connectivity index (χ2v) is 6.81. The van der Waals surface area contributed by atoms with Gasteiger partial charge in [0.25, 0.3) is 5.91 Å². The van der Waals surface area contributed by atoms with Crippen molar-refractivity contribution < 1.29 is 9.59 Å². The van der Waals surface area contributed by atoms with Gasteiger partial charge in [-0.3, -0.25) is 9.59 Å². The van der Waals surface area contributed by atoms with Crippen LogP contribution in [0.3, 0.4) is 0 Å². The highest BCUT2D eigenvalue weighted by molar-refractivity contribution is 5.96. The van der Waals surface area contributed by atoms with Crippen LogP contribution in [0.4, 0.5) is 0 Å². The number of aromatic nitrogens is 2. The molecule has 0 radical (unpaired) electrons. The molecule has 1 aromatic heterocycles. The zero-order valence-corrected chi connectivity index (χ0v) is 16.2. The van der Waals surface area contributed by atoms with Crippen molar-refractivity contribution in [3.63, 3.8) is 0 Å². The molecule has 0 atom stereocenters. The molecule has 3 rings (SSSR count). The number of carbonyl (C=O) groups excluding carboxylic acids is 2. The van der Waals surface area contributed by atoms with E-state index in [1.165, 1.54) is 0 Å². The third kappa shape index (κ3) is 4.21. The fourth-order valence-electron chi connectivity index (χ4n) is 3.64. The van der Waals surface area contributed by atoms with E-state index in [4.69, 9.17) is 4.98 Å². The summed E-state index contributed by atoms with van der Waals surface area (Å²) in [7, 11) is 0. The van der Waals surface area contributed by atoms with Gasteiger partial charge in [-0.1, -0.05) is 36.8 Å². The van der Waals surface area contributed by atoms with Crippen molar-refractivity contribution in [3.8, 4) is 11.4 Å². The summed E-state index contributed by atoms with van der Waals surface area (Å²) in [5.41, 5.74) is 2.46. The lowest BCUT2D eigenvalue weighted by Gasteiger charge is -2.18. The topological polar surface area (TPSA) is 67.2 Å². The van der Waals surface area contributed by atoms with E-state index in [9.17, 15) is 9.59 Å². The number of fused-ring (bicyclic) bond motifs is 1. The molecule has 6 nitrogen and oxygen atoms in total. The number of rotatable bonds is 6. The Bertz CT molecular complexity index is 794. The van der Waals surface area contributed by atoms with E-state index in [1.807, 2.05) is 44.2 Å². The van der Waals surface area contributed by atoms with Crippen molar-refractivity contribution in [2.24, 2.45) is 0 Å². The number of benzene rings is 1. The van der Waals surface area contributed by atoms with Crippen LogP contribution in [0.2, 0.25) is 0 Å². The minimum absolute atomic E-state index is 0.00742. The highest BCUT2D eigenvalue weighted by Gasteiger charge is 2.24. The summed E-state index contributed by atoms with van der Waals surface area (Å²) in [5, 5.41) is 2.78. The molecule has 0 unspecified atom stereocenters. The molecule has 0 saturated heterocycles. The largest absolute Gasteiger partial charge is 0.342 e. The number of amides is 2. The quantitative estimate of drug-likeness (QED) is 0.852. The van der Waals surface area contributed by atoms with Gasteiger partial charge in [0.05, 0.1) is 12.2 Å². The van der Waals surface area contributed by atoms with Crippen molar-refractivity contribution in [2.75, 3.05) is 19.6 Å². The molecule has 2 aromatic rings. The molecule has 27 heavy (non-hydrogen) atoms. The molecule has 0 aliphatic carbocycles. The Balaban J connectivity index is 1.85. The van der Waals surface area contributed by atoms with Crippen LogP contribution in [0.15, 0.2) is 30.3 Å². The summed E-state index contributed by atoms with van der Waals surface area (Å²) in [5.74, 6) is 0.512. The Labute approximate surface area is 160 Å². The monoisotopic (exact) mass is 368 g/mol. The molecule has 0 spiro atoms. The van der Waals surface area contributed by atoms with Crippen LogP contribution in [-0.4, -0.2) is 45.9 Å². The van der Waals surface area contributed by atoms with Crippen molar-refractivity contribution in [3.05, 3.63) is 41.7 Å². The third-order valence-corrected chi connectivity index (χ3v) is 5.13. The molecule has 1 aliphatic heterocycles. The van der Waals surface area contributed by atoms with Crippen molar-refractivity contribution in [2.45, 2.75) is 46.1 Å². The number of carbonyl (C=O) groups is 2. The Kier molecular flexibility index (Phi) is 6.27. The minimum Gasteiger partial charge on any atom is -0.342 e. The second kappa shape index (κ2) is 8.84. The molecular weight excluding hydrogens is 340 g/mol. The van der Waals surface area contributed by atoms with Gasteiger partial charge in [-0.2, -0.15) is 0 Å². The van der Waals surface area contributed by atoms with Gasteiger partial charge < -0.3 is 14.8 Å². The SMILES string of the molecule is CCN(CC)C(=O)CNC(=O)c1nc(-c2ccccc2)n2c1CCCCC2. The number of nitrogens with one attached hydrogen (secondary N) is 1. The first-order chi connectivity index (χ1) is 13.2. The Morgan fingerprint density at radius 2 is 1.85 bits per heavy atom. The first kappa shape index (κ1) is 19.1. The predicted octanol–water partition coefficient (Wildman–Crippen LogP) is 2.87. The van der Waals surface area contributed by atoms with Gasteiger partial charge >= 0.3 is 0 Å². The molecule has 2 heterocycles. The molecule has 0 saturated carbocycles. The molecule has 6 heteroatoms. The normalized spacial score (nSPS) is 13.6. The smallest absolute Gasteiger partial charge is 0.272 e. The van der Waals surface area contributed by atoms with Gasteiger partial charge in [0, 0.05) is 25.2 Å². The Morgan fingerprint density at radius 1 is 1.11 bits per heavy atom. The Hall–Kier alpha value is -2.63. The van der Waals surface area contributed by atoms with E-state index < -0.39 is 0 Å². The lowest BCUT2D eigenvalue weighted by atomic mass is 10.1. The molecule has 0 fully saturated rings. The van der Waals surface area contributed by atoms with Gasteiger partial charge in [-0.05, 0) is 33.1 Å². The van der Waals surface area contributed by atoms with E-state index >= 15 is 0 Å². The second-order valence-electron chi connectivity index (χ2n) is 6.81. The first-order valence-corrected chi connectivity index (χ1v) is 9.86. The summed E-state index contributed by atoms with van der Waals surface area (Å²) in [6.07, 6.45) is 4.13. The van der Waals surface area contributed by atoms with Crippen LogP contribution in [0.25, 0.3) is 11.4 Å². The summed E-state index contributed by atoms with van der Waals surface area (Å²) in [4.78, 5) is 31.4. The highest BCUT2D eigenvalue weighted by atomic mass is 16.2. The van der Waals surface area contributed by atoms with E-state index in [0.29, 0.717) is 18.8 Å². The van der Waals surface area contributed by atoms with Crippen LogP contribution < -0.4 is 5.32 Å². The van der Waals surface area contributed by atoms with E-state index in [0.717, 1.165) is 49.3 Å². The number of likely N-dealkylation sites (N-methyl/N-ethyl adjacent to an activating group) is 1. The van der Waals surface area contributed by atoms with Crippen molar-refractivity contribution in [1.82, 2.24) is 19.8 Å². The molecular formula is C21H28N4O2. The number of nitrogens with zero attached hydrogens (tertiary/aromatic N) is 3. The summed E-state index contributed by atoms with van der Waals surface area (Å²) >= 11 is 0. The standard InChI is InChI=1S/C21H28N4O2/c1-3-24(4-2)18(26)15-22-21(27)19-17-13-9-6-10-14-25(17)20(23-19)16-11-7-5-8-12-16/h5,7-8,11-12H,3-4,6,9-10,13-15H2,1-2H3,(H,22,27). The van der Waals surface area contributed by atoms with Crippen LogP contribution in [-0.2, 0) is 17.8 Å². The molecule has 1 aliphatic rings. The molecule has 1 aromatic carbocycles. The van der Waals surface area contributed by atoms with E-state index in [2.05, 4.69) is 9.88 Å². The first-order valence-electron chi connectivity index (χ1n) is 9.86. The lowest BCUT2D eigenvalue weighted by Crippen LogP contribution is -2.40. The van der Waals surface area contributed by atoms with Crippen LogP contribution in [0.1, 0.15) is 49.3 Å². The van der Waals surface area contributed by atoms with Gasteiger partial charge in [-0.15, -0.1) is 0 Å². The average Bonchev–Trinajstić information content (AvgIpc) is 2.89. The maximum Gasteiger partial charge on any atom is 0.272 e. The van der Waals surface area contributed by atoms with E-state index in [1.54, 1.807) is 4.90 Å². The summed E-state index contributed by atoms with van der Waals surface area (Å²) < 4.78 is 2.18. The molecule has 1 N–H and O–H groups in total. The van der Waals surface area contributed by atoms with Crippen molar-refractivity contribution in [1.29, 1.82) is 0 Å². The maximum atomic E-state index is 12.8. The highest BCUT2D eigenvalue weighted by Crippen LogP contribution is 2.27. The fourth-order valence-corrected chi connectivity index (χ4v) is 3.64. The van der Waals surface area contributed by atoms with Crippen LogP contribution >= 0.6 is 0 Å². The minimum atomic E-state index is -0.261. The zero-order chi connectivity index (χ0) is 19.2. The maximum absolute atomic E-state index is 12.8. The summed E-state index contributed by atoms with van der Waals surface area (Å²) in [6, 6.07) is 9.98. The summed E-state index contributed by atoms with van der Waals surface area (Å²) in [6.45, 7) is 6.04. The van der Waals surface area contributed by atoms with Gasteiger partial charge in [0.1, 0.15) is 11.5 Å². The lowest BCUT2D eigenvalue weighted by molar-refractivity contribution is -0.129. The zero-order valence-electron chi connectivity index (χ0n) is 16.2. The number of imidazole rings is 1. The predicted molar refractivity (Wildman–Crippen MR) is 105 cm³/mol. The van der Waals surface area contributed by atoms with Gasteiger partial charge in [-0.25, -0.2) is 4.98 Å². The fraction of sp³-hybridized carbons (Fsp3) is 0.476. The van der Waals surface area contributed by atoms with Crippen molar-refractivity contribution >= 4 is 11.8 Å². The molecule has 144 valence electrons. The van der Waals surface area contributed by atoms with Crippen LogP contribution in [0, 0.1) is 0 Å². The molecule has 0 bridgehead atoms. The van der Waals surface area contributed by atoms with Gasteiger partial charge in [0.2, 0.25) is 5.91 Å². The van der Waals surface area contributed by atoms with Crippen LogP contribution in [0.5, 0.6) is 0 Å². The van der Waals surface area contributed by atoms with E-state index in [-0.39, 0.29) is 18.4 Å².